The summed E-state index contributed by atoms with van der Waals surface area (Å²) in [7, 11) is 0. The third kappa shape index (κ3) is 2.87. The molecule has 1 heterocycles. The zero-order valence-electron chi connectivity index (χ0n) is 12.1. The highest BCUT2D eigenvalue weighted by molar-refractivity contribution is 6.35. The zero-order valence-corrected chi connectivity index (χ0v) is 14.4. The number of hydrogen-bond acceptors (Lipinski definition) is 1. The highest BCUT2D eigenvalue weighted by Crippen LogP contribution is 2.45. The van der Waals surface area contributed by atoms with Gasteiger partial charge in [0.15, 0.2) is 0 Å². The van der Waals surface area contributed by atoms with Crippen molar-refractivity contribution in [3.05, 3.63) is 69.3 Å². The van der Waals surface area contributed by atoms with Crippen molar-refractivity contribution in [2.75, 3.05) is 0 Å². The van der Waals surface area contributed by atoms with Crippen molar-refractivity contribution in [2.45, 2.75) is 18.8 Å². The van der Waals surface area contributed by atoms with Crippen molar-refractivity contribution >= 4 is 34.8 Å². The summed E-state index contributed by atoms with van der Waals surface area (Å²) < 4.78 is 1.90. The van der Waals surface area contributed by atoms with Crippen molar-refractivity contribution in [3.63, 3.8) is 0 Å². The van der Waals surface area contributed by atoms with Crippen LogP contribution in [0.25, 0.3) is 16.9 Å². The topological polar surface area (TPSA) is 17.8 Å². The van der Waals surface area contributed by atoms with Gasteiger partial charge in [-0.25, -0.2) is 4.68 Å². The van der Waals surface area contributed by atoms with Crippen molar-refractivity contribution in [2.24, 2.45) is 0 Å². The third-order valence-electron chi connectivity index (χ3n) is 4.07. The van der Waals surface area contributed by atoms with E-state index in [1.54, 1.807) is 6.07 Å². The molecule has 0 N–H and O–H groups in total. The molecule has 0 radical (unpaired) electrons. The van der Waals surface area contributed by atoms with E-state index in [-0.39, 0.29) is 0 Å². The van der Waals surface area contributed by atoms with Gasteiger partial charge < -0.3 is 0 Å². The van der Waals surface area contributed by atoms with Crippen LogP contribution in [0.1, 0.15) is 24.3 Å². The number of aromatic nitrogens is 2. The molecular formula is C18H13Cl3N2. The molecule has 1 aromatic heterocycles. The van der Waals surface area contributed by atoms with E-state index in [1.807, 2.05) is 47.3 Å². The first-order valence-corrected chi connectivity index (χ1v) is 8.56. The maximum atomic E-state index is 6.39. The second-order valence-corrected chi connectivity index (χ2v) is 7.02. The molecule has 4 rings (SSSR count). The molecule has 1 saturated carbocycles. The molecule has 2 nitrogen and oxygen atoms in total. The minimum Gasteiger partial charge on any atom is -0.231 e. The summed E-state index contributed by atoms with van der Waals surface area (Å²) in [5.74, 6) is 0.584. The third-order valence-corrected chi connectivity index (χ3v) is 4.86. The molecule has 1 aliphatic rings. The minimum absolute atomic E-state index is 0.582. The predicted octanol–water partition coefficient (Wildman–Crippen LogP) is 6.38. The molecule has 0 saturated heterocycles. The summed E-state index contributed by atoms with van der Waals surface area (Å²) in [6.07, 6.45) is 4.37. The normalized spacial score (nSPS) is 14.2. The van der Waals surface area contributed by atoms with Crippen molar-refractivity contribution in [1.82, 2.24) is 9.78 Å². The lowest BCUT2D eigenvalue weighted by Crippen LogP contribution is -2.01. The molecule has 1 aliphatic carbocycles. The molecule has 3 aromatic rings. The highest BCUT2D eigenvalue weighted by Gasteiger charge is 2.30. The summed E-state index contributed by atoms with van der Waals surface area (Å²) in [5.41, 5.74) is 4.25. The van der Waals surface area contributed by atoms with Crippen LogP contribution in [0, 0.1) is 0 Å². The van der Waals surface area contributed by atoms with E-state index in [2.05, 4.69) is 5.10 Å². The second kappa shape index (κ2) is 5.86. The van der Waals surface area contributed by atoms with E-state index < -0.39 is 0 Å². The fourth-order valence-corrected chi connectivity index (χ4v) is 3.40. The summed E-state index contributed by atoms with van der Waals surface area (Å²) in [4.78, 5) is 0. The van der Waals surface area contributed by atoms with Crippen molar-refractivity contribution in [1.29, 1.82) is 0 Å². The van der Waals surface area contributed by atoms with Gasteiger partial charge in [-0.3, -0.25) is 0 Å². The maximum absolute atomic E-state index is 6.39. The first kappa shape index (κ1) is 15.1. The molecule has 5 heteroatoms. The Morgan fingerprint density at radius 1 is 0.913 bits per heavy atom. The molecule has 0 atom stereocenters. The summed E-state index contributed by atoms with van der Waals surface area (Å²) >= 11 is 18.4. The van der Waals surface area contributed by atoms with Crippen LogP contribution < -0.4 is 0 Å². The molecule has 0 amide bonds. The highest BCUT2D eigenvalue weighted by atomic mass is 35.5. The fraction of sp³-hybridized carbons (Fsp3) is 0.167. The van der Waals surface area contributed by atoms with E-state index in [1.165, 1.54) is 18.4 Å². The average Bonchev–Trinajstić information content (AvgIpc) is 3.28. The molecule has 116 valence electrons. The van der Waals surface area contributed by atoms with E-state index >= 15 is 0 Å². The molecule has 0 bridgehead atoms. The zero-order chi connectivity index (χ0) is 16.0. The van der Waals surface area contributed by atoms with Gasteiger partial charge >= 0.3 is 0 Å². The van der Waals surface area contributed by atoms with E-state index in [0.29, 0.717) is 16.0 Å². The largest absolute Gasteiger partial charge is 0.231 e. The first-order valence-electron chi connectivity index (χ1n) is 7.43. The SMILES string of the molecule is Clc1ccc(-c2c(C3CC3)cnn2-c2ccc(Cl)cc2Cl)cc1. The van der Waals surface area contributed by atoms with Gasteiger partial charge in [-0.1, -0.05) is 46.9 Å². The van der Waals surface area contributed by atoms with Crippen molar-refractivity contribution < 1.29 is 0 Å². The smallest absolute Gasteiger partial charge is 0.0840 e. The molecular weight excluding hydrogens is 351 g/mol. The summed E-state index contributed by atoms with van der Waals surface area (Å²) in [5, 5.41) is 6.51. The molecule has 0 spiro atoms. The van der Waals surface area contributed by atoms with E-state index in [9.17, 15) is 0 Å². The Balaban J connectivity index is 1.92. The monoisotopic (exact) mass is 362 g/mol. The van der Waals surface area contributed by atoms with Gasteiger partial charge in [-0.15, -0.1) is 0 Å². The molecule has 1 fully saturated rings. The van der Waals surface area contributed by atoms with Crippen LogP contribution in [-0.4, -0.2) is 9.78 Å². The van der Waals surface area contributed by atoms with Crippen LogP contribution in [0.15, 0.2) is 48.7 Å². The Hall–Kier alpha value is -1.48. The van der Waals surface area contributed by atoms with Crippen LogP contribution in [0.4, 0.5) is 0 Å². The molecule has 0 aliphatic heterocycles. The Morgan fingerprint density at radius 2 is 1.61 bits per heavy atom. The lowest BCUT2D eigenvalue weighted by molar-refractivity contribution is 0.888. The number of rotatable bonds is 3. The molecule has 23 heavy (non-hydrogen) atoms. The Labute approximate surface area is 149 Å². The van der Waals surface area contributed by atoms with Crippen LogP contribution in [0.3, 0.4) is 0 Å². The van der Waals surface area contributed by atoms with E-state index in [4.69, 9.17) is 34.8 Å². The standard InChI is InChI=1S/C18H13Cl3N2/c19-13-5-3-12(4-6-13)18-15(11-1-2-11)10-22-23(18)17-8-7-14(20)9-16(17)21/h3-11H,1-2H2. The maximum Gasteiger partial charge on any atom is 0.0840 e. The molecule has 0 unspecified atom stereocenters. The predicted molar refractivity (Wildman–Crippen MR) is 96.0 cm³/mol. The average molecular weight is 364 g/mol. The van der Waals surface area contributed by atoms with Gasteiger partial charge in [0.1, 0.15) is 0 Å². The van der Waals surface area contributed by atoms with Gasteiger partial charge in [-0.05, 0) is 49.1 Å². The number of nitrogens with zero attached hydrogens (tertiary/aromatic N) is 2. The van der Waals surface area contributed by atoms with Crippen LogP contribution in [0.2, 0.25) is 15.1 Å². The Morgan fingerprint density at radius 3 is 2.26 bits per heavy atom. The lowest BCUT2D eigenvalue weighted by Gasteiger charge is -2.12. The molecule has 2 aromatic carbocycles. The van der Waals surface area contributed by atoms with Gasteiger partial charge in [0.05, 0.1) is 22.6 Å². The minimum atomic E-state index is 0.582. The van der Waals surface area contributed by atoms with Crippen molar-refractivity contribution in [3.8, 4) is 16.9 Å². The van der Waals surface area contributed by atoms with Gasteiger partial charge in [0.25, 0.3) is 0 Å². The lowest BCUT2D eigenvalue weighted by atomic mass is 10.0. The number of halogens is 3. The summed E-state index contributed by atoms with van der Waals surface area (Å²) in [6.45, 7) is 0. The fourth-order valence-electron chi connectivity index (χ4n) is 2.79. The van der Waals surface area contributed by atoms with E-state index in [0.717, 1.165) is 22.0 Å². The first-order chi connectivity index (χ1) is 11.1. The number of benzene rings is 2. The Kier molecular flexibility index (Phi) is 3.84. The van der Waals surface area contributed by atoms with Gasteiger partial charge in [0.2, 0.25) is 0 Å². The Bertz CT molecular complexity index is 864. The van der Waals surface area contributed by atoms with Gasteiger partial charge in [-0.2, -0.15) is 5.10 Å². The van der Waals surface area contributed by atoms with Crippen LogP contribution in [0.5, 0.6) is 0 Å². The second-order valence-electron chi connectivity index (χ2n) is 5.74. The van der Waals surface area contributed by atoms with Crippen LogP contribution >= 0.6 is 34.8 Å². The quantitative estimate of drug-likeness (QED) is 0.528. The summed E-state index contributed by atoms with van der Waals surface area (Å²) in [6, 6.07) is 13.3. The number of hydrogen-bond donors (Lipinski definition) is 0. The van der Waals surface area contributed by atoms with Gasteiger partial charge in [0, 0.05) is 21.2 Å². The van der Waals surface area contributed by atoms with Crippen LogP contribution in [-0.2, 0) is 0 Å².